The molecule has 0 fully saturated rings. The molecule has 0 atom stereocenters. The summed E-state index contributed by atoms with van der Waals surface area (Å²) in [6.45, 7) is 0.601. The van der Waals surface area contributed by atoms with Crippen molar-refractivity contribution in [2.75, 3.05) is 16.8 Å². The molecular weight excluding hydrogens is 370 g/mol. The third kappa shape index (κ3) is 3.44. The standard InChI is InChI=1S/C17H14BrN5O/c18-14-10-21-17(22-11-14)20-9-13(8-19)16(24)23-7-3-5-12-4-1-2-6-15(12)23/h1-2,4,6,9-11H,3,5,7H2,(H,20,21,22)/b13-9-. The van der Waals surface area contributed by atoms with Gasteiger partial charge in [-0.05, 0) is 40.4 Å². The van der Waals surface area contributed by atoms with Crippen LogP contribution in [0.5, 0.6) is 0 Å². The van der Waals surface area contributed by atoms with Gasteiger partial charge in [0.05, 0.1) is 4.47 Å². The maximum absolute atomic E-state index is 12.7. The predicted molar refractivity (Wildman–Crippen MR) is 94.2 cm³/mol. The smallest absolute Gasteiger partial charge is 0.270 e. The van der Waals surface area contributed by atoms with Crippen LogP contribution < -0.4 is 10.2 Å². The Morgan fingerprint density at radius 3 is 2.83 bits per heavy atom. The molecule has 1 aromatic carbocycles. The van der Waals surface area contributed by atoms with Crippen LogP contribution in [0.4, 0.5) is 11.6 Å². The van der Waals surface area contributed by atoms with Crippen molar-refractivity contribution < 1.29 is 4.79 Å². The summed E-state index contributed by atoms with van der Waals surface area (Å²) in [7, 11) is 0. The van der Waals surface area contributed by atoms with E-state index in [-0.39, 0.29) is 11.5 Å². The van der Waals surface area contributed by atoms with Crippen molar-refractivity contribution in [2.24, 2.45) is 0 Å². The first kappa shape index (κ1) is 16.1. The zero-order valence-corrected chi connectivity index (χ0v) is 14.3. The molecular formula is C17H14BrN5O. The third-order valence-corrected chi connectivity index (χ3v) is 4.08. The zero-order chi connectivity index (χ0) is 16.9. The second-order valence-corrected chi connectivity index (χ2v) is 6.14. The Morgan fingerprint density at radius 1 is 1.33 bits per heavy atom. The number of hydrogen-bond donors (Lipinski definition) is 1. The van der Waals surface area contributed by atoms with Gasteiger partial charge in [-0.2, -0.15) is 5.26 Å². The SMILES string of the molecule is N#C/C(=C/Nc1ncc(Br)cn1)C(=O)N1CCCc2ccccc21. The molecule has 0 spiro atoms. The van der Waals surface area contributed by atoms with Crippen molar-refractivity contribution in [1.29, 1.82) is 5.26 Å². The maximum Gasteiger partial charge on any atom is 0.270 e. The molecule has 0 aliphatic carbocycles. The van der Waals surface area contributed by atoms with Gasteiger partial charge in [0.1, 0.15) is 11.6 Å². The van der Waals surface area contributed by atoms with Gasteiger partial charge >= 0.3 is 0 Å². The van der Waals surface area contributed by atoms with Crippen molar-refractivity contribution in [1.82, 2.24) is 9.97 Å². The highest BCUT2D eigenvalue weighted by molar-refractivity contribution is 9.10. The Bertz CT molecular complexity index is 826. The van der Waals surface area contributed by atoms with E-state index in [1.807, 2.05) is 30.3 Å². The quantitative estimate of drug-likeness (QED) is 0.650. The first-order valence-electron chi connectivity index (χ1n) is 7.43. The molecule has 6 nitrogen and oxygen atoms in total. The molecule has 1 aromatic heterocycles. The number of fused-ring (bicyclic) bond motifs is 1. The fourth-order valence-corrected chi connectivity index (χ4v) is 2.76. The van der Waals surface area contributed by atoms with Crippen LogP contribution in [0.15, 0.2) is 52.9 Å². The summed E-state index contributed by atoms with van der Waals surface area (Å²) in [6, 6.07) is 9.73. The highest BCUT2D eigenvalue weighted by Crippen LogP contribution is 2.27. The van der Waals surface area contributed by atoms with E-state index in [0.29, 0.717) is 12.5 Å². The molecule has 2 aromatic rings. The molecule has 1 aliphatic rings. The lowest BCUT2D eigenvalue weighted by Crippen LogP contribution is -2.36. The monoisotopic (exact) mass is 383 g/mol. The number of benzene rings is 1. The number of halogens is 1. The zero-order valence-electron chi connectivity index (χ0n) is 12.7. The number of aryl methyl sites for hydroxylation is 1. The first-order chi connectivity index (χ1) is 11.7. The molecule has 3 rings (SSSR count). The van der Waals surface area contributed by atoms with Gasteiger partial charge in [0, 0.05) is 30.8 Å². The van der Waals surface area contributed by atoms with Gasteiger partial charge in [0.15, 0.2) is 0 Å². The summed E-state index contributed by atoms with van der Waals surface area (Å²) < 4.78 is 0.749. The molecule has 0 radical (unpaired) electrons. The number of amides is 1. The number of carbonyl (C=O) groups excluding carboxylic acids is 1. The third-order valence-electron chi connectivity index (χ3n) is 3.67. The molecule has 0 bridgehead atoms. The van der Waals surface area contributed by atoms with E-state index in [1.165, 1.54) is 6.20 Å². The van der Waals surface area contributed by atoms with E-state index < -0.39 is 0 Å². The van der Waals surface area contributed by atoms with E-state index in [0.717, 1.165) is 28.6 Å². The average molecular weight is 384 g/mol. The van der Waals surface area contributed by atoms with Gasteiger partial charge in [0.25, 0.3) is 5.91 Å². The van der Waals surface area contributed by atoms with Crippen LogP contribution in [-0.4, -0.2) is 22.4 Å². The molecule has 24 heavy (non-hydrogen) atoms. The number of nitriles is 1. The van der Waals surface area contributed by atoms with Gasteiger partial charge < -0.3 is 10.2 Å². The molecule has 0 unspecified atom stereocenters. The van der Waals surface area contributed by atoms with E-state index >= 15 is 0 Å². The van der Waals surface area contributed by atoms with Crippen LogP contribution in [0.25, 0.3) is 0 Å². The van der Waals surface area contributed by atoms with Gasteiger partial charge in [0.2, 0.25) is 5.95 Å². The minimum Gasteiger partial charge on any atom is -0.329 e. The molecule has 120 valence electrons. The first-order valence-corrected chi connectivity index (χ1v) is 8.22. The fraction of sp³-hybridized carbons (Fsp3) is 0.176. The highest BCUT2D eigenvalue weighted by atomic mass is 79.9. The summed E-state index contributed by atoms with van der Waals surface area (Å²) in [5.74, 6) is -0.00736. The van der Waals surface area contributed by atoms with Gasteiger partial charge in [-0.3, -0.25) is 4.79 Å². The molecule has 1 amide bonds. The number of para-hydroxylation sites is 1. The summed E-state index contributed by atoms with van der Waals surface area (Å²) >= 11 is 3.25. The molecule has 1 aliphatic heterocycles. The van der Waals surface area contributed by atoms with E-state index in [9.17, 15) is 10.1 Å². The number of carbonyl (C=O) groups is 1. The summed E-state index contributed by atoms with van der Waals surface area (Å²) in [6.07, 6.45) is 6.33. The Morgan fingerprint density at radius 2 is 2.08 bits per heavy atom. The number of hydrogen-bond acceptors (Lipinski definition) is 5. The molecule has 2 heterocycles. The van der Waals surface area contributed by atoms with Crippen molar-refractivity contribution in [3.05, 3.63) is 58.5 Å². The Balaban J connectivity index is 1.81. The minimum absolute atomic E-state index is 0.0122. The Labute approximate surface area is 148 Å². The largest absolute Gasteiger partial charge is 0.329 e. The van der Waals surface area contributed by atoms with Crippen LogP contribution in [0.3, 0.4) is 0 Å². The normalized spacial score (nSPS) is 13.8. The molecule has 0 saturated carbocycles. The van der Waals surface area contributed by atoms with Crippen molar-refractivity contribution in [3.63, 3.8) is 0 Å². The lowest BCUT2D eigenvalue weighted by atomic mass is 10.0. The van der Waals surface area contributed by atoms with Crippen LogP contribution in [0.2, 0.25) is 0 Å². The van der Waals surface area contributed by atoms with Gasteiger partial charge in [-0.1, -0.05) is 18.2 Å². The van der Waals surface area contributed by atoms with Crippen LogP contribution in [-0.2, 0) is 11.2 Å². The number of nitrogens with one attached hydrogen (secondary N) is 1. The number of aromatic nitrogens is 2. The molecule has 1 N–H and O–H groups in total. The lowest BCUT2D eigenvalue weighted by molar-refractivity contribution is -0.114. The number of anilines is 2. The lowest BCUT2D eigenvalue weighted by Gasteiger charge is -2.29. The van der Waals surface area contributed by atoms with E-state index in [1.54, 1.807) is 17.3 Å². The van der Waals surface area contributed by atoms with Crippen LogP contribution in [0.1, 0.15) is 12.0 Å². The fourth-order valence-electron chi connectivity index (χ4n) is 2.56. The maximum atomic E-state index is 12.7. The van der Waals surface area contributed by atoms with Gasteiger partial charge in [-0.25, -0.2) is 9.97 Å². The van der Waals surface area contributed by atoms with E-state index in [4.69, 9.17) is 0 Å². The average Bonchev–Trinajstić information content (AvgIpc) is 2.63. The van der Waals surface area contributed by atoms with Crippen LogP contribution >= 0.6 is 15.9 Å². The summed E-state index contributed by atoms with van der Waals surface area (Å²) in [5, 5.41) is 12.1. The topological polar surface area (TPSA) is 81.9 Å². The number of rotatable bonds is 3. The summed E-state index contributed by atoms with van der Waals surface area (Å²) in [5.41, 5.74) is 2.01. The summed E-state index contributed by atoms with van der Waals surface area (Å²) in [4.78, 5) is 22.5. The van der Waals surface area contributed by atoms with Crippen molar-refractivity contribution >= 4 is 33.5 Å². The van der Waals surface area contributed by atoms with Crippen LogP contribution in [0, 0.1) is 11.3 Å². The second-order valence-electron chi connectivity index (χ2n) is 5.23. The molecule has 0 saturated heterocycles. The minimum atomic E-state index is -0.325. The number of nitrogens with zero attached hydrogens (tertiary/aromatic N) is 4. The molecule has 7 heteroatoms. The van der Waals surface area contributed by atoms with Crippen molar-refractivity contribution in [2.45, 2.75) is 12.8 Å². The van der Waals surface area contributed by atoms with Gasteiger partial charge in [-0.15, -0.1) is 0 Å². The Kier molecular flexibility index (Phi) is 4.87. The Hall–Kier alpha value is -2.72. The van der Waals surface area contributed by atoms with Crippen molar-refractivity contribution in [3.8, 4) is 6.07 Å². The second kappa shape index (κ2) is 7.23. The predicted octanol–water partition coefficient (Wildman–Crippen LogP) is 3.04. The van der Waals surface area contributed by atoms with E-state index in [2.05, 4.69) is 31.2 Å². The highest BCUT2D eigenvalue weighted by Gasteiger charge is 2.24.